The SMILES string of the molecule is O=CCCCC=O.O=[N+]([O-])C1(Br)COCOC1. The number of nitro groups is 1. The third-order valence-electron chi connectivity index (χ3n) is 1.78. The number of alkyl halides is 1. The minimum absolute atomic E-state index is 0.0556. The van der Waals surface area contributed by atoms with Crippen LogP contribution in [-0.2, 0) is 19.1 Å². The van der Waals surface area contributed by atoms with E-state index in [1.165, 1.54) is 0 Å². The lowest BCUT2D eigenvalue weighted by Crippen LogP contribution is -2.45. The molecule has 7 nitrogen and oxygen atoms in total. The van der Waals surface area contributed by atoms with Crippen molar-refractivity contribution in [3.05, 3.63) is 10.1 Å². The maximum absolute atomic E-state index is 10.3. The number of ether oxygens (including phenoxy) is 2. The van der Waals surface area contributed by atoms with E-state index in [1.807, 2.05) is 0 Å². The molecular weight excluding hydrogens is 298 g/mol. The number of nitrogens with zero attached hydrogens (tertiary/aromatic N) is 1. The molecule has 0 spiro atoms. The van der Waals surface area contributed by atoms with Gasteiger partial charge in [-0.2, -0.15) is 0 Å². The van der Waals surface area contributed by atoms with Crippen molar-refractivity contribution in [3.63, 3.8) is 0 Å². The first-order valence-electron chi connectivity index (χ1n) is 4.93. The Hall–Kier alpha value is -0.860. The first-order valence-corrected chi connectivity index (χ1v) is 5.72. The first kappa shape index (κ1) is 16.1. The predicted molar refractivity (Wildman–Crippen MR) is 61.4 cm³/mol. The summed E-state index contributed by atoms with van der Waals surface area (Å²) in [4.78, 5) is 29.0. The lowest BCUT2D eigenvalue weighted by Gasteiger charge is -2.23. The van der Waals surface area contributed by atoms with E-state index in [0.717, 1.165) is 12.6 Å². The molecule has 0 radical (unpaired) electrons. The zero-order valence-electron chi connectivity index (χ0n) is 9.17. The molecular formula is C9H14BrNO6. The molecule has 1 rings (SSSR count). The van der Waals surface area contributed by atoms with Crippen LogP contribution in [-0.4, -0.2) is 42.0 Å². The Morgan fingerprint density at radius 1 is 1.24 bits per heavy atom. The van der Waals surface area contributed by atoms with Crippen LogP contribution in [0.2, 0.25) is 0 Å². The van der Waals surface area contributed by atoms with Gasteiger partial charge < -0.3 is 19.1 Å². The van der Waals surface area contributed by atoms with Gasteiger partial charge in [-0.15, -0.1) is 0 Å². The maximum atomic E-state index is 10.3. The lowest BCUT2D eigenvalue weighted by molar-refractivity contribution is -0.552. The highest BCUT2D eigenvalue weighted by Gasteiger charge is 2.43. The zero-order valence-corrected chi connectivity index (χ0v) is 10.8. The smallest absolute Gasteiger partial charge is 0.320 e. The van der Waals surface area contributed by atoms with E-state index in [-0.39, 0.29) is 20.0 Å². The molecule has 1 aliphatic heterocycles. The Balaban J connectivity index is 0.000000325. The van der Waals surface area contributed by atoms with Gasteiger partial charge in [-0.1, -0.05) is 0 Å². The average Bonchev–Trinajstić information content (AvgIpc) is 2.31. The second-order valence-electron chi connectivity index (χ2n) is 3.25. The second kappa shape index (κ2) is 9.20. The van der Waals surface area contributed by atoms with E-state index in [1.54, 1.807) is 0 Å². The quantitative estimate of drug-likeness (QED) is 0.187. The number of unbranched alkanes of at least 4 members (excludes halogenated alkanes) is 2. The van der Waals surface area contributed by atoms with E-state index in [9.17, 15) is 19.7 Å². The van der Waals surface area contributed by atoms with Gasteiger partial charge in [0.1, 0.15) is 32.6 Å². The minimum Gasteiger partial charge on any atom is -0.347 e. The number of aldehydes is 2. The summed E-state index contributed by atoms with van der Waals surface area (Å²) in [5.41, 5.74) is 0. The molecule has 0 aromatic heterocycles. The van der Waals surface area contributed by atoms with Gasteiger partial charge in [-0.25, -0.2) is 0 Å². The van der Waals surface area contributed by atoms with Gasteiger partial charge in [0.2, 0.25) is 0 Å². The molecule has 1 saturated heterocycles. The molecule has 0 saturated carbocycles. The van der Waals surface area contributed by atoms with Crippen molar-refractivity contribution in [1.29, 1.82) is 0 Å². The van der Waals surface area contributed by atoms with Crippen molar-refractivity contribution in [1.82, 2.24) is 0 Å². The van der Waals surface area contributed by atoms with Gasteiger partial charge in [0.25, 0.3) is 0 Å². The standard InChI is InChI=1S/C5H8O2.C4H6BrNO4/c6-4-2-1-3-5-7;5-4(6(7)8)1-9-3-10-2-4/h4-5H,1-3H2;1-3H2. The molecule has 0 unspecified atom stereocenters. The van der Waals surface area contributed by atoms with Gasteiger partial charge in [0, 0.05) is 33.7 Å². The average molecular weight is 312 g/mol. The van der Waals surface area contributed by atoms with E-state index in [0.29, 0.717) is 19.3 Å². The first-order chi connectivity index (χ1) is 8.06. The lowest BCUT2D eigenvalue weighted by atomic mass is 10.3. The van der Waals surface area contributed by atoms with Crippen LogP contribution in [0.1, 0.15) is 19.3 Å². The maximum Gasteiger partial charge on any atom is 0.320 e. The largest absolute Gasteiger partial charge is 0.347 e. The summed E-state index contributed by atoms with van der Waals surface area (Å²) in [6.45, 7) is 0.251. The van der Waals surface area contributed by atoms with E-state index in [2.05, 4.69) is 15.9 Å². The summed E-state index contributed by atoms with van der Waals surface area (Å²) in [5, 5.41) is 10.3. The second-order valence-corrected chi connectivity index (χ2v) is 4.73. The molecule has 1 aliphatic rings. The van der Waals surface area contributed by atoms with Crippen LogP contribution in [0.15, 0.2) is 0 Å². The summed E-state index contributed by atoms with van der Waals surface area (Å²) < 4.78 is 8.24. The summed E-state index contributed by atoms with van der Waals surface area (Å²) in [7, 11) is 0. The Bertz CT molecular complexity index is 246. The van der Waals surface area contributed by atoms with Gasteiger partial charge in [-0.3, -0.25) is 10.1 Å². The summed E-state index contributed by atoms with van der Waals surface area (Å²) in [6, 6.07) is 0. The fourth-order valence-electron chi connectivity index (χ4n) is 0.887. The van der Waals surface area contributed by atoms with Gasteiger partial charge in [0.15, 0.2) is 0 Å². The Morgan fingerprint density at radius 2 is 1.71 bits per heavy atom. The van der Waals surface area contributed by atoms with Crippen molar-refractivity contribution in [3.8, 4) is 0 Å². The minimum atomic E-state index is -1.23. The topological polar surface area (TPSA) is 95.7 Å². The van der Waals surface area contributed by atoms with Crippen LogP contribution in [0.4, 0.5) is 0 Å². The number of hydrogen-bond acceptors (Lipinski definition) is 6. The van der Waals surface area contributed by atoms with Crippen LogP contribution < -0.4 is 0 Å². The van der Waals surface area contributed by atoms with E-state index in [4.69, 9.17) is 9.47 Å². The van der Waals surface area contributed by atoms with Gasteiger partial charge in [0.05, 0.1) is 0 Å². The molecule has 1 fully saturated rings. The fourth-order valence-corrected chi connectivity index (χ4v) is 1.21. The highest BCUT2D eigenvalue weighted by atomic mass is 79.9. The normalized spacial score (nSPS) is 17.5. The van der Waals surface area contributed by atoms with Gasteiger partial charge >= 0.3 is 4.45 Å². The van der Waals surface area contributed by atoms with Crippen molar-refractivity contribution < 1.29 is 24.0 Å². The van der Waals surface area contributed by atoms with Crippen LogP contribution in [0.3, 0.4) is 0 Å². The molecule has 0 aliphatic carbocycles. The molecule has 0 atom stereocenters. The number of halogens is 1. The Morgan fingerprint density at radius 3 is 2.00 bits per heavy atom. The van der Waals surface area contributed by atoms with Crippen LogP contribution >= 0.6 is 15.9 Å². The summed E-state index contributed by atoms with van der Waals surface area (Å²) in [6.07, 6.45) is 3.37. The molecule has 1 heterocycles. The fraction of sp³-hybridized carbons (Fsp3) is 0.778. The predicted octanol–water partition coefficient (Wildman–Crippen LogP) is 0.913. The molecule has 98 valence electrons. The molecule has 0 amide bonds. The Kier molecular flexibility index (Phi) is 8.73. The highest BCUT2D eigenvalue weighted by molar-refractivity contribution is 9.10. The number of carbonyl (C=O) groups is 2. The molecule has 0 N–H and O–H groups in total. The van der Waals surface area contributed by atoms with Crippen molar-refractivity contribution in [2.24, 2.45) is 0 Å². The summed E-state index contributed by atoms with van der Waals surface area (Å²) in [5.74, 6) is 0. The number of hydrogen-bond donors (Lipinski definition) is 0. The monoisotopic (exact) mass is 311 g/mol. The van der Waals surface area contributed by atoms with Crippen LogP contribution in [0.25, 0.3) is 0 Å². The van der Waals surface area contributed by atoms with Crippen molar-refractivity contribution in [2.45, 2.75) is 23.7 Å². The number of carbonyl (C=O) groups excluding carboxylic acids is 2. The molecule has 8 heteroatoms. The molecule has 17 heavy (non-hydrogen) atoms. The van der Waals surface area contributed by atoms with Crippen LogP contribution in [0, 0.1) is 10.1 Å². The number of rotatable bonds is 5. The molecule has 0 aromatic rings. The Labute approximate surface area is 107 Å². The van der Waals surface area contributed by atoms with Crippen molar-refractivity contribution >= 4 is 28.5 Å². The van der Waals surface area contributed by atoms with E-state index < -0.39 is 9.37 Å². The zero-order chi connectivity index (χ0) is 13.1. The summed E-state index contributed by atoms with van der Waals surface area (Å²) >= 11 is 2.91. The third kappa shape index (κ3) is 7.14. The van der Waals surface area contributed by atoms with Gasteiger partial charge in [-0.05, 0) is 6.42 Å². The third-order valence-corrected chi connectivity index (χ3v) is 2.53. The molecule has 0 bridgehead atoms. The van der Waals surface area contributed by atoms with Crippen molar-refractivity contribution in [2.75, 3.05) is 20.0 Å². The van der Waals surface area contributed by atoms with E-state index >= 15 is 0 Å². The van der Waals surface area contributed by atoms with Crippen LogP contribution in [0.5, 0.6) is 0 Å². The highest BCUT2D eigenvalue weighted by Crippen LogP contribution is 2.22. The molecule has 0 aromatic carbocycles.